The Morgan fingerprint density at radius 1 is 1.46 bits per heavy atom. The van der Waals surface area contributed by atoms with E-state index in [1.54, 1.807) is 0 Å². The van der Waals surface area contributed by atoms with Crippen LogP contribution in [0, 0.1) is 0 Å². The maximum Gasteiger partial charge on any atom is 0.257 e. The lowest BCUT2D eigenvalue weighted by molar-refractivity contribution is 0.277. The van der Waals surface area contributed by atoms with Gasteiger partial charge >= 0.3 is 0 Å². The summed E-state index contributed by atoms with van der Waals surface area (Å²) in [5.74, 6) is 0. The first-order chi connectivity index (χ1) is 6.18. The van der Waals surface area contributed by atoms with Crippen molar-refractivity contribution in [2.24, 2.45) is 0 Å². The molecule has 0 bridgehead atoms. The summed E-state index contributed by atoms with van der Waals surface area (Å²) in [7, 11) is 0. The third-order valence-electron chi connectivity index (χ3n) is 1.35. The van der Waals surface area contributed by atoms with Gasteiger partial charge in [-0.1, -0.05) is 36.4 Å². The molecule has 0 aliphatic rings. The molecule has 2 nitrogen and oxygen atoms in total. The zero-order chi connectivity index (χ0) is 9.68. The lowest BCUT2D eigenvalue weighted by Crippen LogP contribution is -2.04. The van der Waals surface area contributed by atoms with Gasteiger partial charge in [-0.05, 0) is 17.7 Å². The highest BCUT2D eigenvalue weighted by Gasteiger charge is 1.95. The monoisotopic (exact) mass is 233 g/mol. The van der Waals surface area contributed by atoms with Crippen molar-refractivity contribution in [2.45, 2.75) is 6.54 Å². The summed E-state index contributed by atoms with van der Waals surface area (Å²) in [5, 5.41) is 0.710. The molecular formula is C8H8ClNOS2. The first kappa shape index (κ1) is 10.9. The van der Waals surface area contributed by atoms with Crippen molar-refractivity contribution in [1.29, 1.82) is 0 Å². The summed E-state index contributed by atoms with van der Waals surface area (Å²) in [6.07, 6.45) is 0. The normalized spacial score (nSPS) is 10.0. The molecule has 1 rings (SSSR count). The van der Waals surface area contributed by atoms with Crippen LogP contribution in [-0.4, -0.2) is 4.45 Å². The highest BCUT2D eigenvalue weighted by Crippen LogP contribution is 2.10. The van der Waals surface area contributed by atoms with E-state index in [1.807, 2.05) is 24.3 Å². The van der Waals surface area contributed by atoms with E-state index in [0.29, 0.717) is 11.6 Å². The van der Waals surface area contributed by atoms with Crippen molar-refractivity contribution < 1.29 is 4.79 Å². The van der Waals surface area contributed by atoms with E-state index < -0.39 is 0 Å². The molecule has 0 aliphatic carbocycles. The summed E-state index contributed by atoms with van der Waals surface area (Å²) in [4.78, 5) is 10.4. The molecule has 0 saturated heterocycles. The van der Waals surface area contributed by atoms with Crippen LogP contribution in [0.25, 0.3) is 0 Å². The number of halogens is 1. The van der Waals surface area contributed by atoms with Crippen molar-refractivity contribution in [3.05, 3.63) is 34.9 Å². The third kappa shape index (κ3) is 4.57. The quantitative estimate of drug-likeness (QED) is 0.621. The summed E-state index contributed by atoms with van der Waals surface area (Å²) < 4.78 is 2.63. The van der Waals surface area contributed by atoms with Crippen molar-refractivity contribution in [3.63, 3.8) is 0 Å². The van der Waals surface area contributed by atoms with Gasteiger partial charge in [-0.15, -0.1) is 0 Å². The second-order valence-corrected chi connectivity index (χ2v) is 4.32. The van der Waals surface area contributed by atoms with E-state index >= 15 is 0 Å². The maximum atomic E-state index is 10.4. The molecule has 70 valence electrons. The molecule has 0 amide bonds. The zero-order valence-electron chi connectivity index (χ0n) is 6.66. The van der Waals surface area contributed by atoms with Gasteiger partial charge in [0.2, 0.25) is 0 Å². The Morgan fingerprint density at radius 3 is 2.62 bits per heavy atom. The van der Waals surface area contributed by atoms with E-state index in [9.17, 15) is 4.79 Å². The summed E-state index contributed by atoms with van der Waals surface area (Å²) in [5.41, 5.74) is 1.08. The van der Waals surface area contributed by atoms with E-state index in [1.165, 1.54) is 0 Å². The van der Waals surface area contributed by atoms with Gasteiger partial charge in [-0.3, -0.25) is 9.52 Å². The van der Waals surface area contributed by atoms with Crippen molar-refractivity contribution in [2.75, 3.05) is 0 Å². The number of hydrogen-bond donors (Lipinski definition) is 2. The number of carbonyl (C=O) groups is 1. The average Bonchev–Trinajstić information content (AvgIpc) is 2.08. The molecule has 0 heterocycles. The molecule has 0 atom stereocenters. The highest BCUT2D eigenvalue weighted by molar-refractivity contribution is 8.31. The number of benzene rings is 1. The van der Waals surface area contributed by atoms with E-state index in [2.05, 4.69) is 17.4 Å². The minimum Gasteiger partial charge on any atom is -0.273 e. The number of nitrogens with one attached hydrogen (secondary N) is 1. The summed E-state index contributed by atoms with van der Waals surface area (Å²) >= 11 is 10.3. The average molecular weight is 234 g/mol. The predicted octanol–water partition coefficient (Wildman–Crippen LogP) is 3.13. The van der Waals surface area contributed by atoms with E-state index in [4.69, 9.17) is 11.6 Å². The largest absolute Gasteiger partial charge is 0.273 e. The zero-order valence-corrected chi connectivity index (χ0v) is 9.13. The lowest BCUT2D eigenvalue weighted by atomic mass is 10.2. The molecule has 0 radical (unpaired) electrons. The van der Waals surface area contributed by atoms with Crippen LogP contribution in [0.1, 0.15) is 5.56 Å². The van der Waals surface area contributed by atoms with E-state index in [0.717, 1.165) is 17.5 Å². The minimum atomic E-state index is -0.242. The molecule has 0 spiro atoms. The van der Waals surface area contributed by atoms with Gasteiger partial charge in [-0.25, -0.2) is 0 Å². The minimum absolute atomic E-state index is 0.242. The molecule has 1 aromatic rings. The van der Waals surface area contributed by atoms with Gasteiger partial charge in [0.1, 0.15) is 0 Å². The molecule has 1 aromatic carbocycles. The van der Waals surface area contributed by atoms with Gasteiger partial charge in [0.15, 0.2) is 0 Å². The maximum absolute atomic E-state index is 10.4. The van der Waals surface area contributed by atoms with Crippen LogP contribution in [0.3, 0.4) is 0 Å². The first-order valence-electron chi connectivity index (χ1n) is 3.55. The Labute approximate surface area is 91.6 Å². The Bertz CT molecular complexity index is 289. The molecule has 0 aromatic heterocycles. The molecule has 0 fully saturated rings. The van der Waals surface area contributed by atoms with Gasteiger partial charge in [0, 0.05) is 23.5 Å². The van der Waals surface area contributed by atoms with Crippen LogP contribution < -0.4 is 4.72 Å². The predicted molar refractivity (Wildman–Crippen MR) is 60.3 cm³/mol. The number of carbonyl (C=O) groups excluding carboxylic acids is 1. The van der Waals surface area contributed by atoms with Gasteiger partial charge in [0.25, 0.3) is 4.45 Å². The number of rotatable bonds is 3. The molecular weight excluding hydrogens is 226 g/mol. The Hall–Kier alpha value is -0.160. The lowest BCUT2D eigenvalue weighted by Gasteiger charge is -2.00. The van der Waals surface area contributed by atoms with E-state index in [-0.39, 0.29) is 4.45 Å². The summed E-state index contributed by atoms with van der Waals surface area (Å²) in [6.45, 7) is 0.619. The number of thiol groups is 1. The first-order valence-corrected chi connectivity index (χ1v) is 5.20. The van der Waals surface area contributed by atoms with Crippen LogP contribution in [-0.2, 0) is 6.54 Å². The molecule has 0 aliphatic heterocycles. The fourth-order valence-corrected chi connectivity index (χ4v) is 1.47. The van der Waals surface area contributed by atoms with Crippen LogP contribution in [0.5, 0.6) is 0 Å². The van der Waals surface area contributed by atoms with Crippen molar-refractivity contribution >= 4 is 40.6 Å². The second-order valence-electron chi connectivity index (χ2n) is 2.32. The summed E-state index contributed by atoms with van der Waals surface area (Å²) in [6, 6.07) is 7.43. The Morgan fingerprint density at radius 2 is 2.08 bits per heavy atom. The molecule has 5 heteroatoms. The topological polar surface area (TPSA) is 29.1 Å². The molecule has 0 saturated carbocycles. The second kappa shape index (κ2) is 5.54. The fourth-order valence-electron chi connectivity index (χ4n) is 0.783. The standard InChI is InChI=1S/C8H8ClNOS2/c9-7-3-1-6(2-4-7)5-10-13-8(11)12/h1-4,10H,5H2,(H,11,12). The third-order valence-corrected chi connectivity index (χ3v) is 2.34. The molecule has 13 heavy (non-hydrogen) atoms. The smallest absolute Gasteiger partial charge is 0.257 e. The Kier molecular flexibility index (Phi) is 4.66. The highest BCUT2D eigenvalue weighted by atomic mass is 35.5. The molecule has 1 N–H and O–H groups in total. The van der Waals surface area contributed by atoms with Crippen LogP contribution >= 0.6 is 36.2 Å². The Balaban J connectivity index is 2.37. The van der Waals surface area contributed by atoms with Crippen LogP contribution in [0.2, 0.25) is 5.02 Å². The van der Waals surface area contributed by atoms with Crippen LogP contribution in [0.4, 0.5) is 4.79 Å². The van der Waals surface area contributed by atoms with Gasteiger partial charge < -0.3 is 0 Å². The van der Waals surface area contributed by atoms with Gasteiger partial charge in [0.05, 0.1) is 0 Å². The number of hydrogen-bond acceptors (Lipinski definition) is 3. The van der Waals surface area contributed by atoms with Crippen LogP contribution in [0.15, 0.2) is 24.3 Å². The fraction of sp³-hybridized carbons (Fsp3) is 0.125. The van der Waals surface area contributed by atoms with Crippen molar-refractivity contribution in [1.82, 2.24) is 4.72 Å². The van der Waals surface area contributed by atoms with Crippen molar-refractivity contribution in [3.8, 4) is 0 Å². The van der Waals surface area contributed by atoms with Gasteiger partial charge in [-0.2, -0.15) is 0 Å². The SMILES string of the molecule is O=C(S)SNCc1ccc(Cl)cc1. The molecule has 0 unspecified atom stereocenters.